The van der Waals surface area contributed by atoms with Crippen LogP contribution >= 0.6 is 0 Å². The predicted octanol–water partition coefficient (Wildman–Crippen LogP) is 1.42. The van der Waals surface area contributed by atoms with E-state index in [-0.39, 0.29) is 16.3 Å². The summed E-state index contributed by atoms with van der Waals surface area (Å²) in [5, 5.41) is 4.93. The number of halogens is 1. The number of hydrogen-bond donors (Lipinski definition) is 2. The predicted molar refractivity (Wildman–Crippen MR) is 80.5 cm³/mol. The van der Waals surface area contributed by atoms with E-state index in [1.54, 1.807) is 0 Å². The molecule has 0 heterocycles. The molecule has 0 bridgehead atoms. The van der Waals surface area contributed by atoms with Crippen molar-refractivity contribution < 1.29 is 21.2 Å². The molecule has 118 valence electrons. The fourth-order valence-corrected chi connectivity index (χ4v) is 3.44. The summed E-state index contributed by atoms with van der Waals surface area (Å²) in [7, 11) is -7.48. The summed E-state index contributed by atoms with van der Waals surface area (Å²) >= 11 is 0. The van der Waals surface area contributed by atoms with Crippen molar-refractivity contribution in [3.63, 3.8) is 0 Å². The Morgan fingerprint density at radius 2 is 1.45 bits per heavy atom. The van der Waals surface area contributed by atoms with E-state index in [4.69, 9.17) is 5.14 Å². The van der Waals surface area contributed by atoms with Gasteiger partial charge in [-0.2, -0.15) is 0 Å². The molecule has 22 heavy (non-hydrogen) atoms. The second-order valence-corrected chi connectivity index (χ2v) is 7.86. The molecule has 9 heteroatoms. The van der Waals surface area contributed by atoms with E-state index in [1.807, 2.05) is 0 Å². The Morgan fingerprint density at radius 1 is 0.909 bits per heavy atom. The molecular weight excluding hydrogens is 331 g/mol. The van der Waals surface area contributed by atoms with Gasteiger partial charge in [0.2, 0.25) is 10.0 Å². The first-order chi connectivity index (χ1) is 10.2. The number of primary sulfonamides is 1. The number of rotatable bonds is 5. The second-order valence-electron chi connectivity index (χ2n) is 4.56. The van der Waals surface area contributed by atoms with Crippen LogP contribution in [0, 0.1) is 5.82 Å². The third-order valence-corrected chi connectivity index (χ3v) is 4.83. The lowest BCUT2D eigenvalue weighted by Crippen LogP contribution is -2.15. The smallest absolute Gasteiger partial charge is 0.261 e. The molecule has 0 amide bonds. The van der Waals surface area contributed by atoms with Gasteiger partial charge in [0, 0.05) is 5.69 Å². The number of hydrogen-bond acceptors (Lipinski definition) is 4. The zero-order valence-electron chi connectivity index (χ0n) is 11.2. The van der Waals surface area contributed by atoms with Crippen LogP contribution in [0.5, 0.6) is 0 Å². The van der Waals surface area contributed by atoms with Gasteiger partial charge in [0.1, 0.15) is 5.82 Å². The molecule has 3 N–H and O–H groups in total. The third kappa shape index (κ3) is 4.52. The lowest BCUT2D eigenvalue weighted by atomic mass is 10.2. The summed E-state index contributed by atoms with van der Waals surface area (Å²) in [5.74, 6) is -0.871. The lowest BCUT2D eigenvalue weighted by molar-refractivity contribution is 0.596. The molecule has 0 spiro atoms. The zero-order valence-corrected chi connectivity index (χ0v) is 12.9. The van der Waals surface area contributed by atoms with Gasteiger partial charge in [-0.05, 0) is 42.0 Å². The Kier molecular flexibility index (Phi) is 4.50. The first-order valence-corrected chi connectivity index (χ1v) is 9.23. The average molecular weight is 344 g/mol. The molecule has 0 aliphatic rings. The van der Waals surface area contributed by atoms with E-state index in [0.29, 0.717) is 5.56 Å². The number of nitrogens with two attached hydrogens (primary N) is 1. The molecule has 2 aromatic rings. The van der Waals surface area contributed by atoms with Crippen LogP contribution in [-0.4, -0.2) is 16.8 Å². The average Bonchev–Trinajstić information content (AvgIpc) is 2.39. The van der Waals surface area contributed by atoms with Gasteiger partial charge in [0.05, 0.1) is 10.6 Å². The summed E-state index contributed by atoms with van der Waals surface area (Å²) in [6.45, 7) is 0. The topological polar surface area (TPSA) is 106 Å². The molecular formula is C13H13FN2O4S2. The SMILES string of the molecule is NS(=O)(=O)Cc1ccc(NS(=O)(=O)c2ccc(F)cc2)cc1. The summed E-state index contributed by atoms with van der Waals surface area (Å²) in [6, 6.07) is 10.1. The van der Waals surface area contributed by atoms with E-state index in [1.165, 1.54) is 24.3 Å². The Bertz CT molecular complexity index is 861. The molecule has 0 saturated carbocycles. The zero-order chi connectivity index (χ0) is 16.4. The molecule has 6 nitrogen and oxygen atoms in total. The number of anilines is 1. The van der Waals surface area contributed by atoms with Crippen molar-refractivity contribution in [2.24, 2.45) is 5.14 Å². The Labute approximate surface area is 127 Å². The number of benzene rings is 2. The quantitative estimate of drug-likeness (QED) is 0.855. The minimum Gasteiger partial charge on any atom is -0.280 e. The summed E-state index contributed by atoms with van der Waals surface area (Å²) in [4.78, 5) is -0.0810. The first kappa shape index (κ1) is 16.4. The van der Waals surface area contributed by atoms with Gasteiger partial charge in [-0.1, -0.05) is 12.1 Å². The highest BCUT2D eigenvalue weighted by atomic mass is 32.2. The van der Waals surface area contributed by atoms with Crippen molar-refractivity contribution in [3.8, 4) is 0 Å². The van der Waals surface area contributed by atoms with Gasteiger partial charge in [-0.3, -0.25) is 4.72 Å². The van der Waals surface area contributed by atoms with Gasteiger partial charge in [-0.15, -0.1) is 0 Å². The maximum atomic E-state index is 12.8. The van der Waals surface area contributed by atoms with Crippen molar-refractivity contribution in [2.75, 3.05) is 4.72 Å². The number of nitrogens with one attached hydrogen (secondary N) is 1. The van der Waals surface area contributed by atoms with Gasteiger partial charge < -0.3 is 0 Å². The van der Waals surface area contributed by atoms with Crippen LogP contribution in [0.25, 0.3) is 0 Å². The van der Waals surface area contributed by atoms with Crippen molar-refractivity contribution in [1.82, 2.24) is 0 Å². The molecule has 0 saturated heterocycles. The fraction of sp³-hybridized carbons (Fsp3) is 0.0769. The largest absolute Gasteiger partial charge is 0.280 e. The Morgan fingerprint density at radius 3 is 1.95 bits per heavy atom. The maximum absolute atomic E-state index is 12.8. The molecule has 0 aliphatic carbocycles. The normalized spacial score (nSPS) is 12.1. The summed E-state index contributed by atoms with van der Waals surface area (Å²) in [6.07, 6.45) is 0. The van der Waals surface area contributed by atoms with E-state index < -0.39 is 25.9 Å². The van der Waals surface area contributed by atoms with Gasteiger partial charge >= 0.3 is 0 Å². The lowest BCUT2D eigenvalue weighted by Gasteiger charge is -2.08. The van der Waals surface area contributed by atoms with Crippen LogP contribution in [0.2, 0.25) is 0 Å². The van der Waals surface area contributed by atoms with Crippen LogP contribution in [0.3, 0.4) is 0 Å². The Hall–Kier alpha value is -1.97. The minimum absolute atomic E-state index is 0.0810. The van der Waals surface area contributed by atoms with Crippen LogP contribution in [0.15, 0.2) is 53.4 Å². The molecule has 0 aliphatic heterocycles. The summed E-state index contributed by atoms with van der Waals surface area (Å²) < 4.78 is 61.2. The van der Waals surface area contributed by atoms with Gasteiger partial charge in [0.25, 0.3) is 10.0 Å². The highest BCUT2D eigenvalue weighted by Crippen LogP contribution is 2.17. The fourth-order valence-electron chi connectivity index (χ4n) is 1.73. The minimum atomic E-state index is -3.84. The molecule has 0 unspecified atom stereocenters. The summed E-state index contributed by atoms with van der Waals surface area (Å²) in [5.41, 5.74) is 0.690. The van der Waals surface area contributed by atoms with E-state index in [9.17, 15) is 21.2 Å². The monoisotopic (exact) mass is 344 g/mol. The van der Waals surface area contributed by atoms with Crippen LogP contribution in [0.4, 0.5) is 10.1 Å². The third-order valence-electron chi connectivity index (χ3n) is 2.70. The van der Waals surface area contributed by atoms with E-state index in [0.717, 1.165) is 24.3 Å². The van der Waals surface area contributed by atoms with Crippen molar-refractivity contribution in [3.05, 3.63) is 59.9 Å². The molecule has 2 rings (SSSR count). The van der Waals surface area contributed by atoms with Crippen molar-refractivity contribution in [2.45, 2.75) is 10.6 Å². The molecule has 0 atom stereocenters. The van der Waals surface area contributed by atoms with E-state index >= 15 is 0 Å². The number of sulfonamides is 2. The van der Waals surface area contributed by atoms with Gasteiger partial charge in [-0.25, -0.2) is 26.4 Å². The maximum Gasteiger partial charge on any atom is 0.261 e. The standard InChI is InChI=1S/C13H13FN2O4S2/c14-11-3-7-13(8-4-11)22(19,20)16-12-5-1-10(2-6-12)9-21(15,17)18/h1-8,16H,9H2,(H2,15,17,18). The highest BCUT2D eigenvalue weighted by Gasteiger charge is 2.14. The molecule has 0 fully saturated rings. The van der Waals surface area contributed by atoms with Crippen LogP contribution < -0.4 is 9.86 Å². The first-order valence-electron chi connectivity index (χ1n) is 6.03. The Balaban J connectivity index is 2.18. The van der Waals surface area contributed by atoms with Crippen LogP contribution in [-0.2, 0) is 25.8 Å². The molecule has 2 aromatic carbocycles. The van der Waals surface area contributed by atoms with E-state index in [2.05, 4.69) is 4.72 Å². The van der Waals surface area contributed by atoms with Crippen molar-refractivity contribution in [1.29, 1.82) is 0 Å². The second kappa shape index (κ2) is 6.03. The van der Waals surface area contributed by atoms with Gasteiger partial charge in [0.15, 0.2) is 0 Å². The van der Waals surface area contributed by atoms with Crippen LogP contribution in [0.1, 0.15) is 5.56 Å². The molecule has 0 radical (unpaired) electrons. The van der Waals surface area contributed by atoms with Crippen molar-refractivity contribution >= 4 is 25.7 Å². The highest BCUT2D eigenvalue weighted by molar-refractivity contribution is 7.92. The molecule has 0 aromatic heterocycles.